The highest BCUT2D eigenvalue weighted by atomic mass is 35.5. The molecular formula is C29H39ClN4O. The molecule has 0 spiro atoms. The zero-order valence-corrected chi connectivity index (χ0v) is 21.9. The zero-order valence-electron chi connectivity index (χ0n) is 21.2. The van der Waals surface area contributed by atoms with Gasteiger partial charge in [0.05, 0.1) is 0 Å². The molecule has 188 valence electrons. The monoisotopic (exact) mass is 494 g/mol. The molecule has 5 nitrogen and oxygen atoms in total. The Labute approximate surface area is 215 Å². The number of aromatic nitrogens is 1. The lowest BCUT2D eigenvalue weighted by Crippen LogP contribution is -2.48. The van der Waals surface area contributed by atoms with Crippen LogP contribution in [0.2, 0.25) is 5.02 Å². The van der Waals surface area contributed by atoms with E-state index in [2.05, 4.69) is 47.0 Å². The van der Waals surface area contributed by atoms with Gasteiger partial charge in [-0.15, -0.1) is 0 Å². The highest BCUT2D eigenvalue weighted by Crippen LogP contribution is 2.24. The molecule has 1 atom stereocenters. The Kier molecular flexibility index (Phi) is 9.25. The summed E-state index contributed by atoms with van der Waals surface area (Å²) in [6.45, 7) is 10.5. The molecule has 0 bridgehead atoms. The number of halogens is 1. The summed E-state index contributed by atoms with van der Waals surface area (Å²) < 4.78 is 0. The molecule has 4 rings (SSSR count). The van der Waals surface area contributed by atoms with Gasteiger partial charge < -0.3 is 19.7 Å². The first-order valence-electron chi connectivity index (χ1n) is 13.1. The van der Waals surface area contributed by atoms with E-state index in [0.29, 0.717) is 6.42 Å². The second-order valence-corrected chi connectivity index (χ2v) is 10.2. The summed E-state index contributed by atoms with van der Waals surface area (Å²) in [5.74, 6) is 0.235. The van der Waals surface area contributed by atoms with Crippen LogP contribution in [0.15, 0.2) is 54.7 Å². The second kappa shape index (κ2) is 12.6. The maximum Gasteiger partial charge on any atom is 0.228 e. The minimum Gasteiger partial charge on any atom is -0.361 e. The van der Waals surface area contributed by atoms with Gasteiger partial charge in [-0.3, -0.25) is 4.79 Å². The molecule has 6 heteroatoms. The van der Waals surface area contributed by atoms with Crippen molar-refractivity contribution in [2.24, 2.45) is 0 Å². The van der Waals surface area contributed by atoms with E-state index >= 15 is 0 Å². The Bertz CT molecular complexity index is 1070. The third-order valence-electron chi connectivity index (χ3n) is 7.21. The fourth-order valence-corrected chi connectivity index (χ4v) is 5.41. The number of carbonyl (C=O) groups is 1. The van der Waals surface area contributed by atoms with Crippen molar-refractivity contribution < 1.29 is 4.79 Å². The van der Waals surface area contributed by atoms with Gasteiger partial charge in [0.2, 0.25) is 5.91 Å². The summed E-state index contributed by atoms with van der Waals surface area (Å²) in [6.07, 6.45) is 6.99. The number of piperazine rings is 1. The van der Waals surface area contributed by atoms with E-state index < -0.39 is 0 Å². The maximum absolute atomic E-state index is 13.2. The minimum absolute atomic E-state index is 0.222. The van der Waals surface area contributed by atoms with Gasteiger partial charge in [-0.25, -0.2) is 0 Å². The summed E-state index contributed by atoms with van der Waals surface area (Å²) in [7, 11) is 0. The Morgan fingerprint density at radius 1 is 1.06 bits per heavy atom. The van der Waals surface area contributed by atoms with Gasteiger partial charge in [0.1, 0.15) is 0 Å². The van der Waals surface area contributed by atoms with Crippen LogP contribution in [-0.4, -0.2) is 66.0 Å². The first-order valence-corrected chi connectivity index (χ1v) is 13.5. The molecule has 3 aromatic rings. The molecule has 0 radical (unpaired) electrons. The van der Waals surface area contributed by atoms with Crippen molar-refractivity contribution in [1.82, 2.24) is 14.8 Å². The Morgan fingerprint density at radius 3 is 2.49 bits per heavy atom. The van der Waals surface area contributed by atoms with Gasteiger partial charge >= 0.3 is 0 Å². The smallest absolute Gasteiger partial charge is 0.228 e. The third kappa shape index (κ3) is 6.87. The number of H-pyrrole nitrogens is 1. The van der Waals surface area contributed by atoms with Crippen molar-refractivity contribution in [2.75, 3.05) is 44.2 Å². The molecule has 0 aliphatic carbocycles. The fraction of sp³-hybridized carbons (Fsp3) is 0.483. The van der Waals surface area contributed by atoms with Gasteiger partial charge in [-0.2, -0.15) is 0 Å². The molecule has 1 fully saturated rings. The lowest BCUT2D eigenvalue weighted by atomic mass is 10.1. The van der Waals surface area contributed by atoms with Crippen LogP contribution in [0.3, 0.4) is 0 Å². The summed E-state index contributed by atoms with van der Waals surface area (Å²) in [5.41, 5.74) is 3.52. The molecule has 1 amide bonds. The van der Waals surface area contributed by atoms with E-state index in [-0.39, 0.29) is 11.9 Å². The number of aromatic amines is 1. The number of hydrogen-bond donors (Lipinski definition) is 1. The van der Waals surface area contributed by atoms with Crippen molar-refractivity contribution in [1.29, 1.82) is 0 Å². The number of amides is 1. The van der Waals surface area contributed by atoms with E-state index in [4.69, 9.17) is 11.6 Å². The van der Waals surface area contributed by atoms with Gasteiger partial charge in [-0.1, -0.05) is 43.1 Å². The predicted molar refractivity (Wildman–Crippen MR) is 147 cm³/mol. The normalized spacial score (nSPS) is 16.0. The molecule has 1 saturated heterocycles. The predicted octanol–water partition coefficient (Wildman–Crippen LogP) is 5.98. The van der Waals surface area contributed by atoms with Crippen LogP contribution in [0, 0.1) is 0 Å². The fourth-order valence-electron chi connectivity index (χ4n) is 5.24. The van der Waals surface area contributed by atoms with Crippen LogP contribution in [-0.2, 0) is 11.2 Å². The summed E-state index contributed by atoms with van der Waals surface area (Å²) in [6, 6.07) is 16.4. The zero-order chi connectivity index (χ0) is 24.6. The Balaban J connectivity index is 1.20. The summed E-state index contributed by atoms with van der Waals surface area (Å²) in [4.78, 5) is 23.6. The van der Waals surface area contributed by atoms with Crippen LogP contribution < -0.4 is 4.90 Å². The van der Waals surface area contributed by atoms with E-state index in [9.17, 15) is 4.79 Å². The third-order valence-corrected chi connectivity index (χ3v) is 7.44. The van der Waals surface area contributed by atoms with Crippen molar-refractivity contribution in [3.8, 4) is 0 Å². The lowest BCUT2D eigenvalue weighted by molar-refractivity contribution is -0.119. The molecule has 35 heavy (non-hydrogen) atoms. The molecule has 1 unspecified atom stereocenters. The van der Waals surface area contributed by atoms with Crippen LogP contribution in [0.25, 0.3) is 10.9 Å². The number of nitrogens with zero attached hydrogens (tertiary/aromatic N) is 3. The van der Waals surface area contributed by atoms with Gasteiger partial charge in [-0.05, 0) is 68.6 Å². The van der Waals surface area contributed by atoms with Crippen LogP contribution in [0.4, 0.5) is 5.69 Å². The number of anilines is 1. The number of nitrogens with one attached hydrogen (secondary N) is 1. The number of rotatable bonds is 11. The van der Waals surface area contributed by atoms with E-state index in [1.54, 1.807) is 0 Å². The number of hydrogen-bond acceptors (Lipinski definition) is 3. The molecule has 1 aromatic heterocycles. The second-order valence-electron chi connectivity index (χ2n) is 9.78. The highest BCUT2D eigenvalue weighted by Gasteiger charge is 2.23. The van der Waals surface area contributed by atoms with Gasteiger partial charge in [0.15, 0.2) is 0 Å². The van der Waals surface area contributed by atoms with Gasteiger partial charge in [0.25, 0.3) is 0 Å². The van der Waals surface area contributed by atoms with Crippen LogP contribution in [0.5, 0.6) is 0 Å². The molecular weight excluding hydrogens is 456 g/mol. The molecule has 1 N–H and O–H groups in total. The number of carbonyl (C=O) groups excluding carboxylic acids is 1. The quantitative estimate of drug-likeness (QED) is 0.356. The molecule has 1 aliphatic rings. The number of para-hydroxylation sites is 1. The van der Waals surface area contributed by atoms with Crippen molar-refractivity contribution in [2.45, 2.75) is 52.0 Å². The first-order chi connectivity index (χ1) is 17.0. The van der Waals surface area contributed by atoms with E-state index in [1.165, 1.54) is 10.9 Å². The number of benzene rings is 2. The standard InChI is InChI=1S/C29H39ClN4O/c1-3-8-23(2)34(26-10-5-4-6-11-26)29(35)14-16-33-19-17-32(18-20-33)15-7-9-24-22-31-28-13-12-25(30)21-27(24)28/h4-6,10-13,21-23,31H,3,7-9,14-20H2,1-2H3. The lowest BCUT2D eigenvalue weighted by Gasteiger charge is -2.35. The first kappa shape index (κ1) is 25.7. The van der Waals surface area contributed by atoms with Crippen molar-refractivity contribution >= 4 is 34.1 Å². The van der Waals surface area contributed by atoms with E-state index in [1.807, 2.05) is 41.3 Å². The SMILES string of the molecule is CCCC(C)N(C(=O)CCN1CCN(CCCc2c[nH]c3ccc(Cl)cc23)CC1)c1ccccc1. The minimum atomic E-state index is 0.222. The van der Waals surface area contributed by atoms with Crippen molar-refractivity contribution in [3.63, 3.8) is 0 Å². The number of fused-ring (bicyclic) bond motifs is 1. The molecule has 2 heterocycles. The molecule has 1 aliphatic heterocycles. The molecule has 2 aromatic carbocycles. The maximum atomic E-state index is 13.2. The van der Waals surface area contributed by atoms with E-state index in [0.717, 1.165) is 81.2 Å². The highest BCUT2D eigenvalue weighted by molar-refractivity contribution is 6.31. The summed E-state index contributed by atoms with van der Waals surface area (Å²) >= 11 is 6.19. The topological polar surface area (TPSA) is 42.6 Å². The Hall–Kier alpha value is -2.34. The average molecular weight is 495 g/mol. The molecule has 0 saturated carbocycles. The van der Waals surface area contributed by atoms with Crippen LogP contribution in [0.1, 0.15) is 45.1 Å². The van der Waals surface area contributed by atoms with Crippen LogP contribution >= 0.6 is 11.6 Å². The Morgan fingerprint density at radius 2 is 1.77 bits per heavy atom. The largest absolute Gasteiger partial charge is 0.361 e. The summed E-state index contributed by atoms with van der Waals surface area (Å²) in [5, 5.41) is 2.03. The average Bonchev–Trinajstić information content (AvgIpc) is 3.26. The van der Waals surface area contributed by atoms with Gasteiger partial charge in [0, 0.05) is 73.0 Å². The number of aryl methyl sites for hydroxylation is 1. The van der Waals surface area contributed by atoms with Crippen molar-refractivity contribution in [3.05, 3.63) is 65.3 Å².